The number of hydrogen-bond acceptors (Lipinski definition) is 6. The minimum Gasteiger partial charge on any atom is -0.273 e. The Kier molecular flexibility index (Phi) is 4.25. The third kappa shape index (κ3) is 3.03. The molecule has 0 spiro atoms. The Morgan fingerprint density at radius 3 is 2.57 bits per heavy atom. The highest BCUT2D eigenvalue weighted by molar-refractivity contribution is 9.11. The number of sulfonamides is 1. The predicted octanol–water partition coefficient (Wildman–Crippen LogP) is 2.42. The average Bonchev–Trinajstić information content (AvgIpc) is 3.21. The number of nitrogens with one attached hydrogen (secondary N) is 1. The Labute approximate surface area is 145 Å². The number of aromatic nitrogens is 5. The summed E-state index contributed by atoms with van der Waals surface area (Å²) in [5.74, 6) is 0.438. The Morgan fingerprint density at radius 2 is 2.00 bits per heavy atom. The minimum atomic E-state index is -3.69. The Balaban J connectivity index is 2.07. The van der Waals surface area contributed by atoms with Crippen LogP contribution in [0.4, 0.5) is 5.69 Å². The van der Waals surface area contributed by atoms with Crippen molar-refractivity contribution in [3.05, 3.63) is 34.3 Å². The summed E-state index contributed by atoms with van der Waals surface area (Å²) in [7, 11) is -3.69. The summed E-state index contributed by atoms with van der Waals surface area (Å²) < 4.78 is 32.1. The first kappa shape index (κ1) is 16.1. The molecule has 8 nitrogen and oxygen atoms in total. The van der Waals surface area contributed by atoms with Gasteiger partial charge in [-0.2, -0.15) is 5.10 Å². The zero-order valence-electron chi connectivity index (χ0n) is 12.3. The Morgan fingerprint density at radius 1 is 1.30 bits per heavy atom. The first-order valence-corrected chi connectivity index (χ1v) is 9.72. The Hall–Kier alpha value is -1.72. The topological polar surface area (TPSA) is 94.7 Å². The molecule has 0 aliphatic rings. The van der Waals surface area contributed by atoms with E-state index in [0.717, 1.165) is 20.8 Å². The molecule has 0 bridgehead atoms. The third-order valence-corrected chi connectivity index (χ3v) is 6.67. The van der Waals surface area contributed by atoms with Crippen molar-refractivity contribution in [1.29, 1.82) is 0 Å². The molecule has 3 heterocycles. The van der Waals surface area contributed by atoms with Crippen LogP contribution >= 0.6 is 27.3 Å². The van der Waals surface area contributed by atoms with E-state index in [1.807, 2.05) is 13.8 Å². The van der Waals surface area contributed by atoms with Gasteiger partial charge in [-0.15, -0.1) is 21.5 Å². The molecule has 0 fully saturated rings. The number of hydrogen-bond donors (Lipinski definition) is 1. The monoisotopic (exact) mass is 416 g/mol. The highest BCUT2D eigenvalue weighted by atomic mass is 79.9. The number of thiophene rings is 1. The summed E-state index contributed by atoms with van der Waals surface area (Å²) in [6.07, 6.45) is 2.95. The molecule has 23 heavy (non-hydrogen) atoms. The van der Waals surface area contributed by atoms with E-state index in [4.69, 9.17) is 0 Å². The maximum Gasteiger partial charge on any atom is 0.271 e. The molecule has 0 aliphatic heterocycles. The van der Waals surface area contributed by atoms with E-state index < -0.39 is 10.0 Å². The molecule has 0 unspecified atom stereocenters. The standard InChI is InChI=1S/C12H13BrN6O2S2/c1-3-19-8(2)11(12(16-19)18-6-14-15-7-18)17-23(20,21)10-5-4-9(13)22-10/h4-7,17H,3H2,1-2H3. The smallest absolute Gasteiger partial charge is 0.271 e. The van der Waals surface area contributed by atoms with E-state index >= 15 is 0 Å². The molecule has 0 atom stereocenters. The number of halogens is 1. The molecule has 3 aromatic rings. The van der Waals surface area contributed by atoms with Gasteiger partial charge in [0, 0.05) is 6.54 Å². The van der Waals surface area contributed by atoms with Gasteiger partial charge in [0.25, 0.3) is 10.0 Å². The fourth-order valence-electron chi connectivity index (χ4n) is 2.08. The van der Waals surface area contributed by atoms with Crippen LogP contribution in [-0.4, -0.2) is 33.0 Å². The van der Waals surface area contributed by atoms with Crippen molar-refractivity contribution in [2.45, 2.75) is 24.6 Å². The van der Waals surface area contributed by atoms with Crippen molar-refractivity contribution < 1.29 is 8.42 Å². The summed E-state index contributed by atoms with van der Waals surface area (Å²) in [6.45, 7) is 4.37. The van der Waals surface area contributed by atoms with E-state index in [1.54, 1.807) is 21.4 Å². The van der Waals surface area contributed by atoms with Gasteiger partial charge in [-0.25, -0.2) is 8.42 Å². The average molecular weight is 417 g/mol. The lowest BCUT2D eigenvalue weighted by atomic mass is 10.4. The van der Waals surface area contributed by atoms with Gasteiger partial charge in [-0.3, -0.25) is 14.0 Å². The molecule has 3 rings (SSSR count). The van der Waals surface area contributed by atoms with Crippen LogP contribution in [0.1, 0.15) is 12.6 Å². The van der Waals surface area contributed by atoms with E-state index in [0.29, 0.717) is 18.1 Å². The number of anilines is 1. The first-order valence-electron chi connectivity index (χ1n) is 6.63. The largest absolute Gasteiger partial charge is 0.273 e. The fraction of sp³-hybridized carbons (Fsp3) is 0.250. The molecule has 0 radical (unpaired) electrons. The number of nitrogens with zero attached hydrogens (tertiary/aromatic N) is 5. The van der Waals surface area contributed by atoms with E-state index in [9.17, 15) is 8.42 Å². The van der Waals surface area contributed by atoms with Crippen LogP contribution < -0.4 is 4.72 Å². The van der Waals surface area contributed by atoms with Crippen LogP contribution in [-0.2, 0) is 16.6 Å². The van der Waals surface area contributed by atoms with Crippen molar-refractivity contribution in [3.63, 3.8) is 0 Å². The zero-order chi connectivity index (χ0) is 16.6. The van der Waals surface area contributed by atoms with Crippen LogP contribution in [0, 0.1) is 6.92 Å². The van der Waals surface area contributed by atoms with Gasteiger partial charge in [0.15, 0.2) is 5.82 Å². The SMILES string of the molecule is CCn1nc(-n2cnnc2)c(NS(=O)(=O)c2ccc(Br)s2)c1C. The molecular formula is C12H13BrN6O2S2. The molecule has 0 saturated heterocycles. The second-order valence-corrected chi connectivity index (χ2v) is 9.01. The predicted molar refractivity (Wildman–Crippen MR) is 90.4 cm³/mol. The Bertz CT molecular complexity index is 929. The van der Waals surface area contributed by atoms with Crippen LogP contribution in [0.15, 0.2) is 32.8 Å². The van der Waals surface area contributed by atoms with E-state index in [1.165, 1.54) is 12.7 Å². The molecule has 0 amide bonds. The first-order chi connectivity index (χ1) is 10.9. The van der Waals surface area contributed by atoms with Crippen molar-refractivity contribution in [3.8, 4) is 5.82 Å². The van der Waals surface area contributed by atoms with Gasteiger partial charge < -0.3 is 0 Å². The molecule has 11 heteroatoms. The maximum atomic E-state index is 12.6. The third-order valence-electron chi connectivity index (χ3n) is 3.20. The summed E-state index contributed by atoms with van der Waals surface area (Å²) >= 11 is 4.42. The van der Waals surface area contributed by atoms with E-state index in [2.05, 4.69) is 35.9 Å². The normalized spacial score (nSPS) is 11.8. The quantitative estimate of drug-likeness (QED) is 0.688. The van der Waals surface area contributed by atoms with Gasteiger partial charge in [-0.1, -0.05) is 0 Å². The summed E-state index contributed by atoms with van der Waals surface area (Å²) in [5.41, 5.74) is 1.13. The lowest BCUT2D eigenvalue weighted by Gasteiger charge is -2.08. The highest BCUT2D eigenvalue weighted by Gasteiger charge is 2.23. The number of rotatable bonds is 5. The van der Waals surface area contributed by atoms with Gasteiger partial charge >= 0.3 is 0 Å². The molecule has 3 aromatic heterocycles. The highest BCUT2D eigenvalue weighted by Crippen LogP contribution is 2.30. The summed E-state index contributed by atoms with van der Waals surface area (Å²) in [5, 5.41) is 11.9. The van der Waals surface area contributed by atoms with Crippen molar-refractivity contribution in [2.75, 3.05) is 4.72 Å². The van der Waals surface area contributed by atoms with Crippen molar-refractivity contribution >= 4 is 43.0 Å². The molecule has 1 N–H and O–H groups in total. The van der Waals surface area contributed by atoms with Crippen molar-refractivity contribution in [1.82, 2.24) is 24.5 Å². The molecular weight excluding hydrogens is 404 g/mol. The van der Waals surface area contributed by atoms with Gasteiger partial charge in [0.05, 0.1) is 9.48 Å². The molecule has 0 aromatic carbocycles. The second-order valence-electron chi connectivity index (χ2n) is 4.63. The van der Waals surface area contributed by atoms with Gasteiger partial charge in [0.2, 0.25) is 0 Å². The second kappa shape index (κ2) is 6.06. The van der Waals surface area contributed by atoms with Gasteiger partial charge in [0.1, 0.15) is 22.6 Å². The van der Waals surface area contributed by atoms with Crippen LogP contribution in [0.2, 0.25) is 0 Å². The summed E-state index contributed by atoms with van der Waals surface area (Å²) in [4.78, 5) is 0. The minimum absolute atomic E-state index is 0.225. The number of aryl methyl sites for hydroxylation is 1. The van der Waals surface area contributed by atoms with Crippen LogP contribution in [0.5, 0.6) is 0 Å². The maximum absolute atomic E-state index is 12.6. The molecule has 0 aliphatic carbocycles. The summed E-state index contributed by atoms with van der Waals surface area (Å²) in [6, 6.07) is 3.25. The van der Waals surface area contributed by atoms with Crippen LogP contribution in [0.25, 0.3) is 5.82 Å². The van der Waals surface area contributed by atoms with Crippen molar-refractivity contribution in [2.24, 2.45) is 0 Å². The van der Waals surface area contributed by atoms with E-state index in [-0.39, 0.29) is 4.21 Å². The fourth-order valence-corrected chi connectivity index (χ4v) is 5.21. The molecule has 0 saturated carbocycles. The van der Waals surface area contributed by atoms with Gasteiger partial charge in [-0.05, 0) is 41.9 Å². The molecule has 122 valence electrons. The zero-order valence-corrected chi connectivity index (χ0v) is 15.5. The van der Waals surface area contributed by atoms with Crippen LogP contribution in [0.3, 0.4) is 0 Å². The lowest BCUT2D eigenvalue weighted by Crippen LogP contribution is -2.13. The lowest BCUT2D eigenvalue weighted by molar-refractivity contribution is 0.603.